The maximum atomic E-state index is 12.3. The lowest BCUT2D eigenvalue weighted by Crippen LogP contribution is -2.34. The fraction of sp³-hybridized carbons (Fsp3) is 0.188. The van der Waals surface area contributed by atoms with E-state index >= 15 is 0 Å². The second kappa shape index (κ2) is 5.65. The van der Waals surface area contributed by atoms with Gasteiger partial charge < -0.3 is 9.47 Å². The van der Waals surface area contributed by atoms with Crippen LogP contribution < -0.4 is 14.4 Å². The average Bonchev–Trinajstić information content (AvgIpc) is 2.70. The molecule has 0 aliphatic carbocycles. The first-order chi connectivity index (χ1) is 9.84. The third-order valence-electron chi connectivity index (χ3n) is 3.11. The summed E-state index contributed by atoms with van der Waals surface area (Å²) in [5, 5.41) is 0. The minimum atomic E-state index is -0.380. The molecular weight excluding hydrogens is 254 g/mol. The minimum absolute atomic E-state index is 0.380. The van der Waals surface area contributed by atoms with Crippen molar-refractivity contribution < 1.29 is 14.3 Å². The predicted octanol–water partition coefficient (Wildman–Crippen LogP) is 3.47. The quantitative estimate of drug-likeness (QED) is 0.795. The largest absolute Gasteiger partial charge is 0.491 e. The Morgan fingerprint density at radius 3 is 2.65 bits per heavy atom. The Bertz CT molecular complexity index is 598. The summed E-state index contributed by atoms with van der Waals surface area (Å²) >= 11 is 0. The molecule has 3 rings (SSSR count). The predicted molar refractivity (Wildman–Crippen MR) is 76.4 cm³/mol. The van der Waals surface area contributed by atoms with Crippen LogP contribution in [0, 0.1) is 0 Å². The van der Waals surface area contributed by atoms with Gasteiger partial charge in [-0.15, -0.1) is 0 Å². The normalized spacial score (nSPS) is 13.9. The van der Waals surface area contributed by atoms with Crippen molar-refractivity contribution in [2.24, 2.45) is 0 Å². The van der Waals surface area contributed by atoms with Crippen molar-refractivity contribution in [1.82, 2.24) is 0 Å². The zero-order valence-corrected chi connectivity index (χ0v) is 11.0. The van der Waals surface area contributed by atoms with E-state index in [1.807, 2.05) is 42.5 Å². The van der Waals surface area contributed by atoms with E-state index in [1.165, 1.54) is 0 Å². The van der Waals surface area contributed by atoms with Gasteiger partial charge in [0.25, 0.3) is 0 Å². The molecule has 20 heavy (non-hydrogen) atoms. The highest BCUT2D eigenvalue weighted by Gasteiger charge is 2.23. The zero-order valence-electron chi connectivity index (χ0n) is 11.0. The Kier molecular flexibility index (Phi) is 3.54. The molecule has 0 fully saturated rings. The molecule has 1 aliphatic heterocycles. The van der Waals surface area contributed by atoms with Gasteiger partial charge in [-0.05, 0) is 30.7 Å². The van der Waals surface area contributed by atoms with Crippen molar-refractivity contribution in [3.05, 3.63) is 54.6 Å². The van der Waals surface area contributed by atoms with Gasteiger partial charge in [0.1, 0.15) is 11.5 Å². The molecule has 0 bridgehead atoms. The van der Waals surface area contributed by atoms with Crippen LogP contribution in [0.3, 0.4) is 0 Å². The monoisotopic (exact) mass is 269 g/mol. The highest BCUT2D eigenvalue weighted by Crippen LogP contribution is 2.31. The number of anilines is 1. The van der Waals surface area contributed by atoms with Gasteiger partial charge in [-0.3, -0.25) is 4.90 Å². The summed E-state index contributed by atoms with van der Waals surface area (Å²) in [6.45, 7) is 1.19. The van der Waals surface area contributed by atoms with Gasteiger partial charge in [-0.25, -0.2) is 4.79 Å². The molecule has 0 radical (unpaired) electrons. The van der Waals surface area contributed by atoms with E-state index in [4.69, 9.17) is 9.47 Å². The van der Waals surface area contributed by atoms with Crippen molar-refractivity contribution in [1.29, 1.82) is 0 Å². The number of para-hydroxylation sites is 3. The van der Waals surface area contributed by atoms with Crippen LogP contribution in [0.4, 0.5) is 10.5 Å². The lowest BCUT2D eigenvalue weighted by molar-refractivity contribution is 0.207. The first-order valence-electron chi connectivity index (χ1n) is 6.61. The van der Waals surface area contributed by atoms with Crippen molar-refractivity contribution in [3.8, 4) is 11.5 Å². The smallest absolute Gasteiger partial charge is 0.419 e. The summed E-state index contributed by atoms with van der Waals surface area (Å²) in [5.41, 5.74) is 0.755. The van der Waals surface area contributed by atoms with Crippen molar-refractivity contribution in [3.63, 3.8) is 0 Å². The molecule has 0 aromatic heterocycles. The molecular formula is C16H15NO3. The molecule has 0 saturated carbocycles. The van der Waals surface area contributed by atoms with Gasteiger partial charge in [-0.2, -0.15) is 0 Å². The van der Waals surface area contributed by atoms with Gasteiger partial charge >= 0.3 is 6.09 Å². The van der Waals surface area contributed by atoms with Crippen LogP contribution in [0.5, 0.6) is 11.5 Å². The molecule has 0 atom stereocenters. The van der Waals surface area contributed by atoms with Crippen LogP contribution in [0.1, 0.15) is 6.42 Å². The van der Waals surface area contributed by atoms with Crippen molar-refractivity contribution in [2.45, 2.75) is 6.42 Å². The summed E-state index contributed by atoms with van der Waals surface area (Å²) in [6.07, 6.45) is 0.396. The van der Waals surface area contributed by atoms with E-state index in [9.17, 15) is 4.79 Å². The number of benzene rings is 2. The third kappa shape index (κ3) is 2.59. The Labute approximate surface area is 117 Å². The van der Waals surface area contributed by atoms with E-state index in [-0.39, 0.29) is 6.09 Å². The Hall–Kier alpha value is -2.49. The van der Waals surface area contributed by atoms with Gasteiger partial charge in [0.2, 0.25) is 0 Å². The summed E-state index contributed by atoms with van der Waals surface area (Å²) in [5.74, 6) is 1.26. The maximum Gasteiger partial charge on any atom is 0.419 e. The fourth-order valence-electron chi connectivity index (χ4n) is 2.16. The number of rotatable bonds is 1. The fourth-order valence-corrected chi connectivity index (χ4v) is 2.16. The van der Waals surface area contributed by atoms with Crippen LogP contribution in [-0.4, -0.2) is 19.2 Å². The molecule has 2 aromatic rings. The van der Waals surface area contributed by atoms with Crippen LogP contribution >= 0.6 is 0 Å². The van der Waals surface area contributed by atoms with E-state index in [1.54, 1.807) is 17.0 Å². The van der Waals surface area contributed by atoms with Gasteiger partial charge in [0.15, 0.2) is 0 Å². The van der Waals surface area contributed by atoms with Crippen molar-refractivity contribution in [2.75, 3.05) is 18.1 Å². The molecule has 0 unspecified atom stereocenters. The standard InChI is InChI=1S/C16H15NO3/c18-16(20-13-7-2-1-3-8-13)17-11-6-12-19-15-10-5-4-9-14(15)17/h1-5,7-10H,6,11-12H2. The van der Waals surface area contributed by atoms with Gasteiger partial charge in [0.05, 0.1) is 12.3 Å². The number of hydrogen-bond acceptors (Lipinski definition) is 3. The highest BCUT2D eigenvalue weighted by molar-refractivity contribution is 5.91. The van der Waals surface area contributed by atoms with Crippen LogP contribution in [0.2, 0.25) is 0 Å². The molecule has 2 aromatic carbocycles. The van der Waals surface area contributed by atoms with Crippen molar-refractivity contribution >= 4 is 11.8 Å². The third-order valence-corrected chi connectivity index (χ3v) is 3.11. The summed E-state index contributed by atoms with van der Waals surface area (Å²) < 4.78 is 11.0. The van der Waals surface area contributed by atoms with Crippen LogP contribution in [0.25, 0.3) is 0 Å². The average molecular weight is 269 g/mol. The SMILES string of the molecule is O=C(Oc1ccccc1)N1CCCOc2ccccc21. The Morgan fingerprint density at radius 2 is 1.80 bits per heavy atom. The number of carbonyl (C=O) groups excluding carboxylic acids is 1. The Balaban J connectivity index is 1.84. The number of carbonyl (C=O) groups is 1. The van der Waals surface area contributed by atoms with Gasteiger partial charge in [0, 0.05) is 6.54 Å². The van der Waals surface area contributed by atoms with Gasteiger partial charge in [-0.1, -0.05) is 30.3 Å². The van der Waals surface area contributed by atoms with E-state index < -0.39 is 0 Å². The number of amides is 1. The summed E-state index contributed by atoms with van der Waals surface area (Å²) in [6, 6.07) is 16.6. The van der Waals surface area contributed by atoms with E-state index in [0.717, 1.165) is 17.9 Å². The van der Waals surface area contributed by atoms with E-state index in [2.05, 4.69) is 0 Å². The molecule has 4 nitrogen and oxygen atoms in total. The molecule has 102 valence electrons. The lowest BCUT2D eigenvalue weighted by Gasteiger charge is -2.20. The number of hydrogen-bond donors (Lipinski definition) is 0. The van der Waals surface area contributed by atoms with Crippen LogP contribution in [0.15, 0.2) is 54.6 Å². The molecule has 1 heterocycles. The Morgan fingerprint density at radius 1 is 1.05 bits per heavy atom. The molecule has 1 amide bonds. The summed E-state index contributed by atoms with van der Waals surface area (Å²) in [4.78, 5) is 14.0. The second-order valence-electron chi connectivity index (χ2n) is 4.50. The molecule has 1 aliphatic rings. The molecule has 0 saturated heterocycles. The lowest BCUT2D eigenvalue weighted by atomic mass is 10.2. The number of nitrogens with zero attached hydrogens (tertiary/aromatic N) is 1. The first kappa shape index (κ1) is 12.5. The summed E-state index contributed by atoms with van der Waals surface area (Å²) in [7, 11) is 0. The van der Waals surface area contributed by atoms with Crippen LogP contribution in [-0.2, 0) is 0 Å². The topological polar surface area (TPSA) is 38.8 Å². The highest BCUT2D eigenvalue weighted by atomic mass is 16.6. The minimum Gasteiger partial charge on any atom is -0.491 e. The zero-order chi connectivity index (χ0) is 13.8. The van der Waals surface area contributed by atoms with E-state index in [0.29, 0.717) is 18.9 Å². The number of fused-ring (bicyclic) bond motifs is 1. The number of ether oxygens (including phenoxy) is 2. The molecule has 0 spiro atoms. The maximum absolute atomic E-state index is 12.3. The molecule has 4 heteroatoms. The second-order valence-corrected chi connectivity index (χ2v) is 4.50. The molecule has 0 N–H and O–H groups in total. The first-order valence-corrected chi connectivity index (χ1v) is 6.61.